The van der Waals surface area contributed by atoms with Gasteiger partial charge in [-0.3, -0.25) is 0 Å². The van der Waals surface area contributed by atoms with Crippen molar-refractivity contribution >= 4 is 5.71 Å². The van der Waals surface area contributed by atoms with Gasteiger partial charge in [-0.1, -0.05) is 59.1 Å². The molecule has 0 aliphatic rings. The predicted octanol–water partition coefficient (Wildman–Crippen LogP) is 3.23. The molecule has 0 saturated carbocycles. The van der Waals surface area contributed by atoms with E-state index < -0.39 is 0 Å². The summed E-state index contributed by atoms with van der Waals surface area (Å²) in [7, 11) is 0. The van der Waals surface area contributed by atoms with Gasteiger partial charge >= 0.3 is 0 Å². The first-order valence-electron chi connectivity index (χ1n) is 5.66. The molecule has 0 fully saturated rings. The lowest BCUT2D eigenvalue weighted by Gasteiger charge is -1.95. The molecular weight excluding hydrogens is 222 g/mol. The van der Waals surface area contributed by atoms with Crippen molar-refractivity contribution < 1.29 is 5.21 Å². The Morgan fingerprint density at radius 2 is 1.67 bits per heavy atom. The third-order valence-corrected chi connectivity index (χ3v) is 2.52. The zero-order valence-electron chi connectivity index (χ0n) is 10.1. The summed E-state index contributed by atoms with van der Waals surface area (Å²) in [6.07, 6.45) is 0. The van der Waals surface area contributed by atoms with Crippen LogP contribution in [0, 0.1) is 18.8 Å². The minimum absolute atomic E-state index is 0.371. The molecule has 88 valence electrons. The van der Waals surface area contributed by atoms with E-state index in [0.717, 1.165) is 11.1 Å². The lowest BCUT2D eigenvalue weighted by Crippen LogP contribution is -1.96. The van der Waals surface area contributed by atoms with Gasteiger partial charge in [0, 0.05) is 11.1 Å². The molecule has 0 bridgehead atoms. The molecule has 0 atom stereocenters. The maximum atomic E-state index is 8.99. The summed E-state index contributed by atoms with van der Waals surface area (Å²) in [5, 5.41) is 12.2. The molecule has 2 aromatic carbocycles. The van der Waals surface area contributed by atoms with Crippen molar-refractivity contribution in [2.45, 2.75) is 6.92 Å². The van der Waals surface area contributed by atoms with Crippen molar-refractivity contribution in [1.29, 1.82) is 0 Å². The first-order chi connectivity index (χ1) is 8.79. The summed E-state index contributed by atoms with van der Waals surface area (Å²) >= 11 is 0. The Morgan fingerprint density at radius 1 is 1.00 bits per heavy atom. The Labute approximate surface area is 107 Å². The van der Waals surface area contributed by atoms with Crippen molar-refractivity contribution in [3.8, 4) is 11.8 Å². The molecule has 0 aliphatic carbocycles. The molecule has 0 unspecified atom stereocenters. The number of aryl methyl sites for hydroxylation is 1. The number of oxime groups is 1. The molecule has 0 heterocycles. The fourth-order valence-electron chi connectivity index (χ4n) is 1.52. The molecule has 2 heteroatoms. The van der Waals surface area contributed by atoms with Gasteiger partial charge in [0.1, 0.15) is 0 Å². The molecule has 2 rings (SSSR count). The van der Waals surface area contributed by atoms with Crippen molar-refractivity contribution in [2.24, 2.45) is 5.16 Å². The van der Waals surface area contributed by atoms with Gasteiger partial charge in [-0.2, -0.15) is 0 Å². The van der Waals surface area contributed by atoms with Crippen LogP contribution in [-0.4, -0.2) is 10.9 Å². The summed E-state index contributed by atoms with van der Waals surface area (Å²) in [6.45, 7) is 2.03. The van der Waals surface area contributed by atoms with E-state index >= 15 is 0 Å². The van der Waals surface area contributed by atoms with E-state index in [1.54, 1.807) is 0 Å². The van der Waals surface area contributed by atoms with Crippen LogP contribution in [0.1, 0.15) is 16.7 Å². The molecule has 2 aromatic rings. The number of hydrogen-bond acceptors (Lipinski definition) is 2. The molecule has 0 saturated heterocycles. The Hall–Kier alpha value is -2.53. The second kappa shape index (κ2) is 5.70. The van der Waals surface area contributed by atoms with Gasteiger partial charge in [0.25, 0.3) is 0 Å². The van der Waals surface area contributed by atoms with Gasteiger partial charge in [-0.15, -0.1) is 0 Å². The third kappa shape index (κ3) is 2.99. The molecule has 1 N–H and O–H groups in total. The maximum Gasteiger partial charge on any atom is 0.159 e. The second-order valence-electron chi connectivity index (χ2n) is 3.93. The molecule has 2 nitrogen and oxygen atoms in total. The average molecular weight is 235 g/mol. The highest BCUT2D eigenvalue weighted by molar-refractivity contribution is 6.12. The van der Waals surface area contributed by atoms with Crippen LogP contribution in [0.15, 0.2) is 59.8 Å². The molecule has 0 spiro atoms. The largest absolute Gasteiger partial charge is 0.410 e. The van der Waals surface area contributed by atoms with E-state index in [9.17, 15) is 0 Å². The Balaban J connectivity index is 2.26. The molecule has 0 amide bonds. The summed E-state index contributed by atoms with van der Waals surface area (Å²) in [5.41, 5.74) is 3.27. The van der Waals surface area contributed by atoms with Gasteiger partial charge in [0.05, 0.1) is 0 Å². The van der Waals surface area contributed by atoms with E-state index in [1.807, 2.05) is 61.5 Å². The summed E-state index contributed by atoms with van der Waals surface area (Å²) in [5.74, 6) is 5.85. The quantitative estimate of drug-likeness (QED) is 0.350. The van der Waals surface area contributed by atoms with Gasteiger partial charge in [-0.25, -0.2) is 0 Å². The van der Waals surface area contributed by atoms with E-state index in [-0.39, 0.29) is 0 Å². The monoisotopic (exact) mass is 235 g/mol. The standard InChI is InChI=1S/C16H13NO/c1-13-7-9-14(10-8-13)11-12-16(17-18)15-5-3-2-4-6-15/h2-10,18H,1H3. The van der Waals surface area contributed by atoms with Crippen LogP contribution < -0.4 is 0 Å². The Bertz CT molecular complexity index is 601. The van der Waals surface area contributed by atoms with Crippen LogP contribution in [0.3, 0.4) is 0 Å². The zero-order chi connectivity index (χ0) is 12.8. The fraction of sp³-hybridized carbons (Fsp3) is 0.0625. The minimum Gasteiger partial charge on any atom is -0.410 e. The molecule has 0 radical (unpaired) electrons. The summed E-state index contributed by atoms with van der Waals surface area (Å²) in [4.78, 5) is 0. The highest BCUT2D eigenvalue weighted by Gasteiger charge is 1.98. The van der Waals surface area contributed by atoms with Gasteiger partial charge < -0.3 is 5.21 Å². The second-order valence-corrected chi connectivity index (χ2v) is 3.93. The predicted molar refractivity (Wildman–Crippen MR) is 72.8 cm³/mol. The minimum atomic E-state index is 0.371. The number of rotatable bonds is 1. The van der Waals surface area contributed by atoms with E-state index in [2.05, 4.69) is 17.0 Å². The highest BCUT2D eigenvalue weighted by Crippen LogP contribution is 2.03. The van der Waals surface area contributed by atoms with Crippen LogP contribution in [-0.2, 0) is 0 Å². The topological polar surface area (TPSA) is 32.6 Å². The Morgan fingerprint density at radius 3 is 2.28 bits per heavy atom. The van der Waals surface area contributed by atoms with Crippen LogP contribution >= 0.6 is 0 Å². The van der Waals surface area contributed by atoms with Crippen LogP contribution in [0.5, 0.6) is 0 Å². The maximum absolute atomic E-state index is 8.99. The number of nitrogens with zero attached hydrogens (tertiary/aromatic N) is 1. The van der Waals surface area contributed by atoms with Gasteiger partial charge in [-0.05, 0) is 25.0 Å². The molecular formula is C16H13NO. The molecule has 0 aliphatic heterocycles. The van der Waals surface area contributed by atoms with E-state index in [4.69, 9.17) is 5.21 Å². The smallest absolute Gasteiger partial charge is 0.159 e. The molecule has 18 heavy (non-hydrogen) atoms. The van der Waals surface area contributed by atoms with Crippen molar-refractivity contribution in [3.05, 3.63) is 71.3 Å². The van der Waals surface area contributed by atoms with Crippen molar-refractivity contribution in [3.63, 3.8) is 0 Å². The fourth-order valence-corrected chi connectivity index (χ4v) is 1.52. The number of benzene rings is 2. The van der Waals surface area contributed by atoms with E-state index in [1.165, 1.54) is 5.56 Å². The first-order valence-corrected chi connectivity index (χ1v) is 5.66. The third-order valence-electron chi connectivity index (χ3n) is 2.52. The normalized spacial score (nSPS) is 10.6. The highest BCUT2D eigenvalue weighted by atomic mass is 16.4. The Kier molecular flexibility index (Phi) is 3.78. The van der Waals surface area contributed by atoms with Crippen molar-refractivity contribution in [1.82, 2.24) is 0 Å². The van der Waals surface area contributed by atoms with Gasteiger partial charge in [0.2, 0.25) is 0 Å². The van der Waals surface area contributed by atoms with Crippen molar-refractivity contribution in [2.75, 3.05) is 0 Å². The van der Waals surface area contributed by atoms with Crippen LogP contribution in [0.25, 0.3) is 0 Å². The van der Waals surface area contributed by atoms with Gasteiger partial charge in [0.15, 0.2) is 5.71 Å². The van der Waals surface area contributed by atoms with Crippen LogP contribution in [0.4, 0.5) is 0 Å². The molecule has 0 aromatic heterocycles. The first kappa shape index (κ1) is 11.9. The summed E-state index contributed by atoms with van der Waals surface area (Å²) in [6, 6.07) is 17.3. The zero-order valence-corrected chi connectivity index (χ0v) is 10.1. The lowest BCUT2D eigenvalue weighted by atomic mass is 10.1. The SMILES string of the molecule is Cc1ccc(C#CC(=NO)c2ccccc2)cc1. The lowest BCUT2D eigenvalue weighted by molar-refractivity contribution is 0.320. The number of hydrogen-bond donors (Lipinski definition) is 1. The van der Waals surface area contributed by atoms with Crippen LogP contribution in [0.2, 0.25) is 0 Å². The van der Waals surface area contributed by atoms with E-state index in [0.29, 0.717) is 5.71 Å². The summed E-state index contributed by atoms with van der Waals surface area (Å²) < 4.78 is 0. The average Bonchev–Trinajstić information content (AvgIpc) is 2.43.